The summed E-state index contributed by atoms with van der Waals surface area (Å²) in [6.45, 7) is 2.67. The fourth-order valence-corrected chi connectivity index (χ4v) is 3.34. The lowest BCUT2D eigenvalue weighted by atomic mass is 10.2. The van der Waals surface area contributed by atoms with Gasteiger partial charge < -0.3 is 5.32 Å². The van der Waals surface area contributed by atoms with Crippen LogP contribution in [-0.4, -0.2) is 15.2 Å². The Hall–Kier alpha value is -1.50. The van der Waals surface area contributed by atoms with Gasteiger partial charge >= 0.3 is 0 Å². The van der Waals surface area contributed by atoms with E-state index in [-0.39, 0.29) is 0 Å². The zero-order chi connectivity index (χ0) is 13.9. The topological polar surface area (TPSA) is 50.7 Å². The van der Waals surface area contributed by atoms with E-state index >= 15 is 0 Å². The standard InChI is InChI=1S/C13H11ClN4S2/c1-8-17-18-12(19-8)9-3-2-4-10(5-9)15-6-11-7-16-13(14)20-11/h2-5,7,15H,6H2,1H3. The summed E-state index contributed by atoms with van der Waals surface area (Å²) in [5, 5.41) is 13.5. The lowest BCUT2D eigenvalue weighted by molar-refractivity contribution is 1.05. The first-order chi connectivity index (χ1) is 9.70. The maximum Gasteiger partial charge on any atom is 0.183 e. The van der Waals surface area contributed by atoms with Crippen molar-refractivity contribution in [2.45, 2.75) is 13.5 Å². The molecule has 0 saturated heterocycles. The highest BCUT2D eigenvalue weighted by Crippen LogP contribution is 2.26. The maximum absolute atomic E-state index is 5.82. The molecule has 0 aliphatic carbocycles. The maximum atomic E-state index is 5.82. The molecule has 3 aromatic rings. The largest absolute Gasteiger partial charge is 0.380 e. The molecule has 0 aliphatic heterocycles. The summed E-state index contributed by atoms with van der Waals surface area (Å²) in [7, 11) is 0. The van der Waals surface area contributed by atoms with E-state index in [2.05, 4.69) is 26.6 Å². The molecule has 1 N–H and O–H groups in total. The Morgan fingerprint density at radius 2 is 2.15 bits per heavy atom. The fraction of sp³-hybridized carbons (Fsp3) is 0.154. The van der Waals surface area contributed by atoms with Crippen LogP contribution in [0.25, 0.3) is 10.6 Å². The Labute approximate surface area is 129 Å². The van der Waals surface area contributed by atoms with Gasteiger partial charge in [0.25, 0.3) is 0 Å². The van der Waals surface area contributed by atoms with Crippen molar-refractivity contribution in [3.05, 3.63) is 44.8 Å². The second kappa shape index (κ2) is 5.87. The van der Waals surface area contributed by atoms with Gasteiger partial charge in [-0.15, -0.1) is 21.5 Å². The Bertz CT molecular complexity index is 722. The highest BCUT2D eigenvalue weighted by atomic mass is 35.5. The van der Waals surface area contributed by atoms with Crippen LogP contribution in [0.4, 0.5) is 5.69 Å². The minimum Gasteiger partial charge on any atom is -0.380 e. The van der Waals surface area contributed by atoms with Crippen molar-refractivity contribution in [2.75, 3.05) is 5.32 Å². The van der Waals surface area contributed by atoms with Crippen LogP contribution in [0, 0.1) is 6.92 Å². The summed E-state index contributed by atoms with van der Waals surface area (Å²) in [5.74, 6) is 0. The van der Waals surface area contributed by atoms with Crippen molar-refractivity contribution in [1.29, 1.82) is 0 Å². The highest BCUT2D eigenvalue weighted by molar-refractivity contribution is 7.15. The van der Waals surface area contributed by atoms with Crippen LogP contribution in [0.15, 0.2) is 30.5 Å². The number of nitrogens with zero attached hydrogens (tertiary/aromatic N) is 3. The first kappa shape index (κ1) is 13.5. The molecule has 2 heterocycles. The molecule has 7 heteroatoms. The van der Waals surface area contributed by atoms with Crippen LogP contribution in [0.3, 0.4) is 0 Å². The molecule has 0 aliphatic rings. The molecular formula is C13H11ClN4S2. The molecule has 2 aromatic heterocycles. The molecular weight excluding hydrogens is 312 g/mol. The van der Waals surface area contributed by atoms with E-state index in [0.717, 1.165) is 26.1 Å². The van der Waals surface area contributed by atoms with Gasteiger partial charge in [0, 0.05) is 22.3 Å². The van der Waals surface area contributed by atoms with Gasteiger partial charge in [-0.3, -0.25) is 0 Å². The van der Waals surface area contributed by atoms with Gasteiger partial charge in [0.1, 0.15) is 10.0 Å². The van der Waals surface area contributed by atoms with Gasteiger partial charge in [-0.1, -0.05) is 35.1 Å². The first-order valence-corrected chi connectivity index (χ1v) is 7.96. The third kappa shape index (κ3) is 3.15. The number of hydrogen-bond donors (Lipinski definition) is 1. The van der Waals surface area contributed by atoms with Crippen molar-refractivity contribution >= 4 is 40.0 Å². The third-order valence-corrected chi connectivity index (χ3v) is 4.63. The Morgan fingerprint density at radius 3 is 2.85 bits per heavy atom. The predicted molar refractivity (Wildman–Crippen MR) is 84.5 cm³/mol. The molecule has 102 valence electrons. The quantitative estimate of drug-likeness (QED) is 0.780. The van der Waals surface area contributed by atoms with Crippen LogP contribution in [-0.2, 0) is 6.54 Å². The first-order valence-electron chi connectivity index (χ1n) is 5.95. The second-order valence-electron chi connectivity index (χ2n) is 4.14. The van der Waals surface area contributed by atoms with E-state index in [1.54, 1.807) is 17.5 Å². The minimum atomic E-state index is 0.569. The van der Waals surface area contributed by atoms with Crippen LogP contribution in [0.5, 0.6) is 0 Å². The van der Waals surface area contributed by atoms with Gasteiger partial charge in [-0.25, -0.2) is 4.98 Å². The molecule has 0 saturated carbocycles. The number of aryl methyl sites for hydroxylation is 1. The van der Waals surface area contributed by atoms with Crippen LogP contribution < -0.4 is 5.32 Å². The molecule has 4 nitrogen and oxygen atoms in total. The number of aromatic nitrogens is 3. The Kier molecular flexibility index (Phi) is 3.95. The summed E-state index contributed by atoms with van der Waals surface area (Å²) in [6, 6.07) is 8.14. The summed E-state index contributed by atoms with van der Waals surface area (Å²) in [5.41, 5.74) is 2.11. The second-order valence-corrected chi connectivity index (χ2v) is 7.02. The molecule has 0 unspecified atom stereocenters. The average molecular weight is 323 g/mol. The molecule has 0 spiro atoms. The average Bonchev–Trinajstić information content (AvgIpc) is 3.06. The smallest absolute Gasteiger partial charge is 0.183 e. The van der Waals surface area contributed by atoms with Crippen LogP contribution in [0.1, 0.15) is 9.88 Å². The SMILES string of the molecule is Cc1nnc(-c2cccc(NCc3cnc(Cl)s3)c2)s1. The number of thiazole rings is 1. The van der Waals surface area contributed by atoms with Crippen molar-refractivity contribution in [2.24, 2.45) is 0 Å². The number of rotatable bonds is 4. The normalized spacial score (nSPS) is 10.7. The summed E-state index contributed by atoms with van der Waals surface area (Å²) < 4.78 is 0.569. The Morgan fingerprint density at radius 1 is 1.25 bits per heavy atom. The number of nitrogens with one attached hydrogen (secondary N) is 1. The molecule has 0 fully saturated rings. The molecule has 20 heavy (non-hydrogen) atoms. The number of anilines is 1. The molecule has 0 amide bonds. The van der Waals surface area contributed by atoms with Gasteiger partial charge in [-0.2, -0.15) is 0 Å². The lowest BCUT2D eigenvalue weighted by Crippen LogP contribution is -1.97. The third-order valence-electron chi connectivity index (χ3n) is 2.63. The molecule has 0 atom stereocenters. The fourth-order valence-electron chi connectivity index (χ4n) is 1.73. The van der Waals surface area contributed by atoms with Crippen molar-refractivity contribution < 1.29 is 0 Å². The summed E-state index contributed by atoms with van der Waals surface area (Å²) in [4.78, 5) is 5.13. The highest BCUT2D eigenvalue weighted by Gasteiger charge is 2.05. The molecule has 0 radical (unpaired) electrons. The summed E-state index contributed by atoms with van der Waals surface area (Å²) in [6.07, 6.45) is 1.79. The van der Waals surface area contributed by atoms with E-state index in [0.29, 0.717) is 11.0 Å². The molecule has 3 rings (SSSR count). The predicted octanol–water partition coefficient (Wildman–Crippen LogP) is 4.24. The minimum absolute atomic E-state index is 0.569. The Balaban J connectivity index is 1.74. The summed E-state index contributed by atoms with van der Waals surface area (Å²) >= 11 is 8.89. The number of hydrogen-bond acceptors (Lipinski definition) is 6. The van der Waals surface area contributed by atoms with Gasteiger partial charge in [0.15, 0.2) is 4.47 Å². The van der Waals surface area contributed by atoms with Gasteiger partial charge in [-0.05, 0) is 19.1 Å². The van der Waals surface area contributed by atoms with E-state index in [4.69, 9.17) is 11.6 Å². The van der Waals surface area contributed by atoms with Crippen LogP contribution >= 0.6 is 34.3 Å². The van der Waals surface area contributed by atoms with Crippen molar-refractivity contribution in [3.63, 3.8) is 0 Å². The van der Waals surface area contributed by atoms with Crippen molar-refractivity contribution in [3.8, 4) is 10.6 Å². The zero-order valence-corrected chi connectivity index (χ0v) is 13.0. The van der Waals surface area contributed by atoms with E-state index in [1.165, 1.54) is 11.3 Å². The number of halogens is 1. The number of benzene rings is 1. The molecule has 1 aromatic carbocycles. The van der Waals surface area contributed by atoms with E-state index in [1.807, 2.05) is 25.1 Å². The van der Waals surface area contributed by atoms with Gasteiger partial charge in [0.05, 0.1) is 6.54 Å². The van der Waals surface area contributed by atoms with E-state index < -0.39 is 0 Å². The van der Waals surface area contributed by atoms with E-state index in [9.17, 15) is 0 Å². The monoisotopic (exact) mass is 322 g/mol. The van der Waals surface area contributed by atoms with Crippen LogP contribution in [0.2, 0.25) is 4.47 Å². The molecule has 0 bridgehead atoms. The zero-order valence-electron chi connectivity index (χ0n) is 10.6. The van der Waals surface area contributed by atoms with Crippen molar-refractivity contribution in [1.82, 2.24) is 15.2 Å². The lowest BCUT2D eigenvalue weighted by Gasteiger charge is -2.05. The van der Waals surface area contributed by atoms with Gasteiger partial charge in [0.2, 0.25) is 0 Å².